The van der Waals surface area contributed by atoms with Gasteiger partial charge >= 0.3 is 0 Å². The van der Waals surface area contributed by atoms with Gasteiger partial charge in [-0.05, 0) is 37.3 Å². The summed E-state index contributed by atoms with van der Waals surface area (Å²) in [4.78, 5) is 15.8. The Kier molecular flexibility index (Phi) is 9.30. The highest BCUT2D eigenvalue weighted by molar-refractivity contribution is 7.99. The van der Waals surface area contributed by atoms with Gasteiger partial charge in [0.2, 0.25) is 10.0 Å². The number of carbonyl (C=O) groups is 1. The number of rotatable bonds is 12. The smallest absolute Gasteiger partial charge is 0.244 e. The zero-order chi connectivity index (χ0) is 23.0. The number of aliphatic hydroxyl groups is 1. The van der Waals surface area contributed by atoms with E-state index < -0.39 is 16.1 Å². The lowest BCUT2D eigenvalue weighted by molar-refractivity contribution is 0.101. The van der Waals surface area contributed by atoms with Gasteiger partial charge in [-0.3, -0.25) is 4.79 Å². The molecule has 170 valence electrons. The number of hydrogen-bond donors (Lipinski definition) is 1. The highest BCUT2D eigenvalue weighted by atomic mass is 32.2. The molecule has 8 nitrogen and oxygen atoms in total. The van der Waals surface area contributed by atoms with Crippen LogP contribution in [-0.2, 0) is 10.0 Å². The standard InChI is InChI=1S/C21H28N2O6S2/c1-5-23(6-2)31(26,27)18-8-10-21(22-12-18)30-14-17(25)13-29-19-9-7-16(15(3)24)11-20(19)28-4/h7-12,17,25H,5-6,13-14H2,1-4H3. The SMILES string of the molecule is CCN(CC)S(=O)(=O)c1ccc(SCC(O)COc2ccc(C(C)=O)cc2OC)nc1. The first kappa shape index (κ1) is 25.1. The molecule has 0 aliphatic carbocycles. The molecule has 1 atom stereocenters. The zero-order valence-corrected chi connectivity index (χ0v) is 19.7. The van der Waals surface area contributed by atoms with Gasteiger partial charge in [-0.15, -0.1) is 11.8 Å². The quantitative estimate of drug-likeness (QED) is 0.374. The van der Waals surface area contributed by atoms with Crippen molar-refractivity contribution >= 4 is 27.6 Å². The number of carbonyl (C=O) groups excluding carboxylic acids is 1. The summed E-state index contributed by atoms with van der Waals surface area (Å²) in [6.45, 7) is 5.85. The van der Waals surface area contributed by atoms with E-state index in [2.05, 4.69) is 4.98 Å². The van der Waals surface area contributed by atoms with Crippen LogP contribution in [-0.4, -0.2) is 67.3 Å². The van der Waals surface area contributed by atoms with Crippen molar-refractivity contribution in [1.82, 2.24) is 9.29 Å². The summed E-state index contributed by atoms with van der Waals surface area (Å²) in [6.07, 6.45) is 0.545. The molecule has 0 aliphatic heterocycles. The Morgan fingerprint density at radius 1 is 1.19 bits per heavy atom. The molecule has 2 aromatic rings. The number of nitrogens with zero attached hydrogens (tertiary/aromatic N) is 2. The number of benzene rings is 1. The first-order valence-electron chi connectivity index (χ1n) is 9.81. The number of ketones is 1. The molecule has 1 aromatic heterocycles. The zero-order valence-electron chi connectivity index (χ0n) is 18.1. The minimum absolute atomic E-state index is 0.0250. The molecule has 2 rings (SSSR count). The lowest BCUT2D eigenvalue weighted by Gasteiger charge is -2.18. The van der Waals surface area contributed by atoms with Crippen molar-refractivity contribution in [2.45, 2.75) is 36.8 Å². The van der Waals surface area contributed by atoms with Gasteiger partial charge in [0.15, 0.2) is 17.3 Å². The summed E-state index contributed by atoms with van der Waals surface area (Å²) in [5, 5.41) is 10.8. The topological polar surface area (TPSA) is 106 Å². The Morgan fingerprint density at radius 3 is 2.45 bits per heavy atom. The summed E-state index contributed by atoms with van der Waals surface area (Å²) in [6, 6.07) is 8.01. The van der Waals surface area contributed by atoms with Crippen LogP contribution in [0.2, 0.25) is 0 Å². The van der Waals surface area contributed by atoms with E-state index in [1.165, 1.54) is 42.4 Å². The van der Waals surface area contributed by atoms with Gasteiger partial charge < -0.3 is 14.6 Å². The van der Waals surface area contributed by atoms with Crippen molar-refractivity contribution in [3.05, 3.63) is 42.1 Å². The Bertz CT molecular complexity index is 976. The second-order valence-corrected chi connectivity index (χ2v) is 9.60. The van der Waals surface area contributed by atoms with Crippen molar-refractivity contribution < 1.29 is 27.8 Å². The van der Waals surface area contributed by atoms with Crippen LogP contribution in [0.15, 0.2) is 46.5 Å². The monoisotopic (exact) mass is 468 g/mol. The Morgan fingerprint density at radius 2 is 1.90 bits per heavy atom. The van der Waals surface area contributed by atoms with Crippen molar-refractivity contribution in [3.63, 3.8) is 0 Å². The second-order valence-electron chi connectivity index (χ2n) is 6.62. The molecule has 0 fully saturated rings. The second kappa shape index (κ2) is 11.5. The predicted octanol–water partition coefficient (Wildman–Crippen LogP) is 2.86. The third kappa shape index (κ3) is 6.67. The predicted molar refractivity (Wildman–Crippen MR) is 120 cm³/mol. The largest absolute Gasteiger partial charge is 0.493 e. The summed E-state index contributed by atoms with van der Waals surface area (Å²) >= 11 is 1.29. The first-order chi connectivity index (χ1) is 14.7. The van der Waals surface area contributed by atoms with Crippen LogP contribution in [0.3, 0.4) is 0 Å². The molecule has 1 heterocycles. The maximum Gasteiger partial charge on any atom is 0.244 e. The average Bonchev–Trinajstić information content (AvgIpc) is 2.76. The van der Waals surface area contributed by atoms with Crippen molar-refractivity contribution in [2.75, 3.05) is 32.6 Å². The fourth-order valence-electron chi connectivity index (χ4n) is 2.74. The fraction of sp³-hybridized carbons (Fsp3) is 0.429. The number of methoxy groups -OCH3 is 1. The van der Waals surface area contributed by atoms with Gasteiger partial charge in [0.25, 0.3) is 0 Å². The molecule has 0 saturated carbocycles. The summed E-state index contributed by atoms with van der Waals surface area (Å²) in [7, 11) is -2.06. The summed E-state index contributed by atoms with van der Waals surface area (Å²) < 4.78 is 37.2. The number of thioether (sulfide) groups is 1. The molecular formula is C21H28N2O6S2. The van der Waals surface area contributed by atoms with Crippen LogP contribution < -0.4 is 9.47 Å². The molecule has 0 aliphatic rings. The third-order valence-electron chi connectivity index (χ3n) is 4.48. The van der Waals surface area contributed by atoms with Gasteiger partial charge in [-0.25, -0.2) is 13.4 Å². The first-order valence-corrected chi connectivity index (χ1v) is 12.2. The van der Waals surface area contributed by atoms with Crippen LogP contribution in [0, 0.1) is 0 Å². The van der Waals surface area contributed by atoms with Crippen LogP contribution in [0.5, 0.6) is 11.5 Å². The van der Waals surface area contributed by atoms with Gasteiger partial charge in [-0.2, -0.15) is 4.31 Å². The number of sulfonamides is 1. The van der Waals surface area contributed by atoms with Crippen molar-refractivity contribution in [2.24, 2.45) is 0 Å². The normalized spacial score (nSPS) is 12.6. The van der Waals surface area contributed by atoms with Gasteiger partial charge in [-0.1, -0.05) is 13.8 Å². The summed E-state index contributed by atoms with van der Waals surface area (Å²) in [5.41, 5.74) is 0.512. The van der Waals surface area contributed by atoms with Crippen LogP contribution in [0.25, 0.3) is 0 Å². The van der Waals surface area contributed by atoms with Crippen molar-refractivity contribution in [3.8, 4) is 11.5 Å². The lowest BCUT2D eigenvalue weighted by Crippen LogP contribution is -2.30. The van der Waals surface area contributed by atoms with Gasteiger partial charge in [0.05, 0.1) is 18.2 Å². The maximum absolute atomic E-state index is 12.5. The third-order valence-corrected chi connectivity index (χ3v) is 7.60. The maximum atomic E-state index is 12.5. The molecule has 1 unspecified atom stereocenters. The van der Waals surface area contributed by atoms with E-state index in [1.807, 2.05) is 0 Å². The molecule has 0 spiro atoms. The minimum Gasteiger partial charge on any atom is -0.493 e. The van der Waals surface area contributed by atoms with E-state index in [1.54, 1.807) is 38.1 Å². The molecule has 10 heteroatoms. The number of aromatic nitrogens is 1. The van der Waals surface area contributed by atoms with E-state index in [9.17, 15) is 18.3 Å². The van der Waals surface area contributed by atoms with E-state index >= 15 is 0 Å². The van der Waals surface area contributed by atoms with Gasteiger partial charge in [0, 0.05) is 30.6 Å². The Labute approximate surface area is 187 Å². The van der Waals surface area contributed by atoms with E-state index in [4.69, 9.17) is 9.47 Å². The van der Waals surface area contributed by atoms with Crippen LogP contribution in [0.1, 0.15) is 31.1 Å². The Balaban J connectivity index is 1.92. The molecular weight excluding hydrogens is 440 g/mol. The number of aliphatic hydroxyl groups excluding tert-OH is 1. The fourth-order valence-corrected chi connectivity index (χ4v) is 4.89. The Hall–Kier alpha value is -2.14. The van der Waals surface area contributed by atoms with Crippen LogP contribution >= 0.6 is 11.8 Å². The average molecular weight is 469 g/mol. The molecule has 0 radical (unpaired) electrons. The number of pyridine rings is 1. The molecule has 0 bridgehead atoms. The van der Waals surface area contributed by atoms with Gasteiger partial charge in [0.1, 0.15) is 11.5 Å². The number of ether oxygens (including phenoxy) is 2. The highest BCUT2D eigenvalue weighted by Gasteiger charge is 2.22. The number of hydrogen-bond acceptors (Lipinski definition) is 8. The molecule has 0 amide bonds. The van der Waals surface area contributed by atoms with Crippen molar-refractivity contribution in [1.29, 1.82) is 0 Å². The number of Topliss-reactive ketones (excluding diaryl/α,β-unsaturated/α-hetero) is 1. The van der Waals surface area contributed by atoms with E-state index in [-0.39, 0.29) is 17.3 Å². The minimum atomic E-state index is -3.54. The molecule has 31 heavy (non-hydrogen) atoms. The van der Waals surface area contributed by atoms with E-state index in [0.717, 1.165) is 0 Å². The molecule has 1 N–H and O–H groups in total. The summed E-state index contributed by atoms with van der Waals surface area (Å²) in [5.74, 6) is 1.08. The lowest BCUT2D eigenvalue weighted by atomic mass is 10.1. The van der Waals surface area contributed by atoms with E-state index in [0.29, 0.717) is 40.9 Å². The van der Waals surface area contributed by atoms with Crippen LogP contribution in [0.4, 0.5) is 0 Å². The highest BCUT2D eigenvalue weighted by Crippen LogP contribution is 2.28. The molecule has 0 saturated heterocycles. The molecule has 1 aromatic carbocycles.